The van der Waals surface area contributed by atoms with Crippen LogP contribution in [0.15, 0.2) is 0 Å². The molecule has 0 aromatic carbocycles. The molecule has 2 aliphatic heterocycles. The second-order valence-electron chi connectivity index (χ2n) is 4.65. The summed E-state index contributed by atoms with van der Waals surface area (Å²) in [5.74, 6) is -0.966. The standard InChI is InChI=1S/C11H17N3O4/c15-9-2-1-8(12-9)11(18)14-5-3-13(4-6-14)7-10(16)17/h8H,1-7H2,(H,12,15)(H,16,17). The number of piperazine rings is 1. The number of amides is 2. The molecule has 0 bridgehead atoms. The quantitative estimate of drug-likeness (QED) is 0.640. The van der Waals surface area contributed by atoms with E-state index in [2.05, 4.69) is 5.32 Å². The Morgan fingerprint density at radius 3 is 2.44 bits per heavy atom. The van der Waals surface area contributed by atoms with Crippen molar-refractivity contribution in [3.8, 4) is 0 Å². The third kappa shape index (κ3) is 2.98. The highest BCUT2D eigenvalue weighted by Gasteiger charge is 2.32. The highest BCUT2D eigenvalue weighted by Crippen LogP contribution is 2.11. The number of aliphatic carboxylic acids is 1. The molecule has 0 saturated carbocycles. The van der Waals surface area contributed by atoms with Crippen molar-refractivity contribution in [2.45, 2.75) is 18.9 Å². The minimum atomic E-state index is -0.849. The van der Waals surface area contributed by atoms with Crippen LogP contribution >= 0.6 is 0 Å². The smallest absolute Gasteiger partial charge is 0.317 e. The highest BCUT2D eigenvalue weighted by molar-refractivity contribution is 5.90. The zero-order valence-corrected chi connectivity index (χ0v) is 10.1. The first-order valence-electron chi connectivity index (χ1n) is 6.08. The van der Waals surface area contributed by atoms with Crippen molar-refractivity contribution in [3.05, 3.63) is 0 Å². The van der Waals surface area contributed by atoms with Gasteiger partial charge in [-0.15, -0.1) is 0 Å². The van der Waals surface area contributed by atoms with E-state index in [1.165, 1.54) is 0 Å². The van der Waals surface area contributed by atoms with E-state index >= 15 is 0 Å². The van der Waals surface area contributed by atoms with Gasteiger partial charge < -0.3 is 15.3 Å². The maximum atomic E-state index is 12.1. The summed E-state index contributed by atoms with van der Waals surface area (Å²) >= 11 is 0. The van der Waals surface area contributed by atoms with E-state index in [9.17, 15) is 14.4 Å². The molecule has 2 heterocycles. The Kier molecular flexibility index (Phi) is 3.81. The number of carboxylic acid groups (broad SMARTS) is 1. The van der Waals surface area contributed by atoms with E-state index in [1.807, 2.05) is 0 Å². The molecule has 1 unspecified atom stereocenters. The van der Waals surface area contributed by atoms with Gasteiger partial charge in [0.25, 0.3) is 0 Å². The summed E-state index contributed by atoms with van der Waals surface area (Å²) < 4.78 is 0. The van der Waals surface area contributed by atoms with Crippen molar-refractivity contribution in [2.24, 2.45) is 0 Å². The predicted octanol–water partition coefficient (Wildman–Crippen LogP) is -1.51. The van der Waals surface area contributed by atoms with E-state index in [4.69, 9.17) is 5.11 Å². The number of rotatable bonds is 3. The Morgan fingerprint density at radius 1 is 1.28 bits per heavy atom. The average Bonchev–Trinajstić information content (AvgIpc) is 2.75. The summed E-state index contributed by atoms with van der Waals surface area (Å²) in [6.45, 7) is 2.20. The van der Waals surface area contributed by atoms with Gasteiger partial charge in [0, 0.05) is 32.6 Å². The number of hydrogen-bond donors (Lipinski definition) is 2. The first-order valence-corrected chi connectivity index (χ1v) is 6.08. The van der Waals surface area contributed by atoms with Crippen molar-refractivity contribution in [1.29, 1.82) is 0 Å². The van der Waals surface area contributed by atoms with Crippen LogP contribution in [0.2, 0.25) is 0 Å². The monoisotopic (exact) mass is 255 g/mol. The molecule has 2 rings (SSSR count). The van der Waals surface area contributed by atoms with Crippen molar-refractivity contribution in [1.82, 2.24) is 15.1 Å². The highest BCUT2D eigenvalue weighted by atomic mass is 16.4. The van der Waals surface area contributed by atoms with E-state index < -0.39 is 5.97 Å². The first-order chi connectivity index (χ1) is 8.56. The molecule has 2 N–H and O–H groups in total. The number of carboxylic acids is 1. The summed E-state index contributed by atoms with van der Waals surface area (Å²) in [6, 6.07) is -0.386. The molecule has 2 aliphatic rings. The van der Waals surface area contributed by atoms with Crippen LogP contribution in [-0.4, -0.2) is 71.5 Å². The van der Waals surface area contributed by atoms with Crippen LogP contribution in [0.5, 0.6) is 0 Å². The van der Waals surface area contributed by atoms with Gasteiger partial charge in [-0.3, -0.25) is 19.3 Å². The van der Waals surface area contributed by atoms with Gasteiger partial charge in [-0.1, -0.05) is 0 Å². The van der Waals surface area contributed by atoms with E-state index in [0.717, 1.165) is 0 Å². The Morgan fingerprint density at radius 2 is 1.94 bits per heavy atom. The van der Waals surface area contributed by atoms with E-state index in [1.54, 1.807) is 9.80 Å². The number of carbonyl (C=O) groups is 3. The van der Waals surface area contributed by atoms with Gasteiger partial charge in [0.2, 0.25) is 11.8 Å². The van der Waals surface area contributed by atoms with Crippen molar-refractivity contribution in [3.63, 3.8) is 0 Å². The summed E-state index contributed by atoms with van der Waals surface area (Å²) in [4.78, 5) is 37.2. The molecule has 2 amide bonds. The summed E-state index contributed by atoms with van der Waals surface area (Å²) in [5.41, 5.74) is 0. The largest absolute Gasteiger partial charge is 0.480 e. The molecular weight excluding hydrogens is 238 g/mol. The molecule has 7 heteroatoms. The second kappa shape index (κ2) is 5.34. The minimum Gasteiger partial charge on any atom is -0.480 e. The molecule has 0 spiro atoms. The zero-order chi connectivity index (χ0) is 13.1. The fourth-order valence-electron chi connectivity index (χ4n) is 2.34. The Balaban J connectivity index is 1.80. The molecule has 2 saturated heterocycles. The Bertz CT molecular complexity index is 363. The van der Waals surface area contributed by atoms with Crippen molar-refractivity contribution in [2.75, 3.05) is 32.7 Å². The van der Waals surface area contributed by atoms with Crippen LogP contribution in [0.4, 0.5) is 0 Å². The van der Waals surface area contributed by atoms with E-state index in [0.29, 0.717) is 39.0 Å². The first kappa shape index (κ1) is 12.8. The Labute approximate surface area is 105 Å². The predicted molar refractivity (Wildman–Crippen MR) is 61.8 cm³/mol. The molecule has 1 atom stereocenters. The fourth-order valence-corrected chi connectivity index (χ4v) is 2.34. The Hall–Kier alpha value is -1.63. The van der Waals surface area contributed by atoms with Gasteiger partial charge >= 0.3 is 5.97 Å². The number of carbonyl (C=O) groups excluding carboxylic acids is 2. The van der Waals surface area contributed by atoms with Crippen molar-refractivity contribution >= 4 is 17.8 Å². The lowest BCUT2D eigenvalue weighted by Crippen LogP contribution is -2.53. The molecule has 18 heavy (non-hydrogen) atoms. The molecule has 0 radical (unpaired) electrons. The lowest BCUT2D eigenvalue weighted by Gasteiger charge is -2.35. The molecule has 0 aliphatic carbocycles. The molecule has 0 aromatic heterocycles. The van der Waals surface area contributed by atoms with E-state index in [-0.39, 0.29) is 24.4 Å². The maximum absolute atomic E-state index is 12.1. The average molecular weight is 255 g/mol. The SMILES string of the molecule is O=C(O)CN1CCN(C(=O)C2CCC(=O)N2)CC1. The number of nitrogens with one attached hydrogen (secondary N) is 1. The van der Waals surface area contributed by atoms with Crippen LogP contribution in [0.25, 0.3) is 0 Å². The molecular formula is C11H17N3O4. The molecule has 100 valence electrons. The fraction of sp³-hybridized carbons (Fsp3) is 0.727. The lowest BCUT2D eigenvalue weighted by molar-refractivity contribution is -0.140. The number of nitrogens with zero attached hydrogens (tertiary/aromatic N) is 2. The molecule has 0 aromatic rings. The van der Waals surface area contributed by atoms with Gasteiger partial charge in [0.1, 0.15) is 6.04 Å². The van der Waals surface area contributed by atoms with Crippen LogP contribution < -0.4 is 5.32 Å². The van der Waals surface area contributed by atoms with Gasteiger partial charge in [-0.05, 0) is 6.42 Å². The van der Waals surface area contributed by atoms with Crippen LogP contribution in [0.1, 0.15) is 12.8 Å². The maximum Gasteiger partial charge on any atom is 0.317 e. The van der Waals surface area contributed by atoms with Crippen LogP contribution in [0.3, 0.4) is 0 Å². The van der Waals surface area contributed by atoms with Gasteiger partial charge in [-0.25, -0.2) is 0 Å². The molecule has 7 nitrogen and oxygen atoms in total. The summed E-state index contributed by atoms with van der Waals surface area (Å²) in [7, 11) is 0. The minimum absolute atomic E-state index is 0.0161. The third-order valence-electron chi connectivity index (χ3n) is 3.34. The third-order valence-corrected chi connectivity index (χ3v) is 3.34. The summed E-state index contributed by atoms with van der Waals surface area (Å²) in [6.07, 6.45) is 0.975. The number of hydrogen-bond acceptors (Lipinski definition) is 4. The normalized spacial score (nSPS) is 25.0. The van der Waals surface area contributed by atoms with Crippen LogP contribution in [-0.2, 0) is 14.4 Å². The van der Waals surface area contributed by atoms with Crippen molar-refractivity contribution < 1.29 is 19.5 Å². The van der Waals surface area contributed by atoms with Gasteiger partial charge in [0.05, 0.1) is 6.54 Å². The van der Waals surface area contributed by atoms with Gasteiger partial charge in [-0.2, -0.15) is 0 Å². The second-order valence-corrected chi connectivity index (χ2v) is 4.65. The zero-order valence-electron chi connectivity index (χ0n) is 10.1. The lowest BCUT2D eigenvalue weighted by atomic mass is 10.2. The van der Waals surface area contributed by atoms with Crippen LogP contribution in [0, 0.1) is 0 Å². The topological polar surface area (TPSA) is 90.0 Å². The van der Waals surface area contributed by atoms with Gasteiger partial charge in [0.15, 0.2) is 0 Å². The molecule has 2 fully saturated rings. The summed E-state index contributed by atoms with van der Waals surface area (Å²) in [5, 5.41) is 11.3.